The molecule has 5 nitrogen and oxygen atoms in total. The number of benzene rings is 3. The van der Waals surface area contributed by atoms with Gasteiger partial charge in [0, 0.05) is 11.1 Å². The summed E-state index contributed by atoms with van der Waals surface area (Å²) in [6, 6.07) is 28.9. The van der Waals surface area contributed by atoms with Crippen molar-refractivity contribution < 1.29 is 13.9 Å². The molecule has 0 aliphatic rings. The van der Waals surface area contributed by atoms with Gasteiger partial charge in [-0.05, 0) is 48.4 Å². The third-order valence-electron chi connectivity index (χ3n) is 4.79. The fourth-order valence-electron chi connectivity index (χ4n) is 3.10. The van der Waals surface area contributed by atoms with Crippen molar-refractivity contribution in [2.75, 3.05) is 0 Å². The van der Waals surface area contributed by atoms with Gasteiger partial charge in [0.25, 0.3) is 5.91 Å². The molecule has 0 unspecified atom stereocenters. The summed E-state index contributed by atoms with van der Waals surface area (Å²) in [7, 11) is 0. The molecule has 1 aromatic heterocycles. The average Bonchev–Trinajstić information content (AvgIpc) is 3.37. The Morgan fingerprint density at radius 3 is 2.39 bits per heavy atom. The number of nitrogens with zero attached hydrogens (tertiary/aromatic N) is 1. The van der Waals surface area contributed by atoms with Crippen LogP contribution >= 0.6 is 0 Å². The Bertz CT molecular complexity index is 1170. The van der Waals surface area contributed by atoms with E-state index >= 15 is 0 Å². The third kappa shape index (κ3) is 5.08. The van der Waals surface area contributed by atoms with E-state index in [1.54, 1.807) is 37.5 Å². The number of hydrogen-bond acceptors (Lipinski definition) is 4. The molecule has 0 bridgehead atoms. The van der Waals surface area contributed by atoms with Gasteiger partial charge in [-0.15, -0.1) is 0 Å². The molecular weight excluding hydrogens is 388 g/mol. The Kier molecular flexibility index (Phi) is 6.24. The lowest BCUT2D eigenvalue weighted by atomic mass is 10.0. The monoisotopic (exact) mass is 410 g/mol. The van der Waals surface area contributed by atoms with Crippen molar-refractivity contribution in [1.82, 2.24) is 5.43 Å². The molecule has 1 N–H and O–H groups in total. The van der Waals surface area contributed by atoms with Crippen LogP contribution in [-0.4, -0.2) is 11.6 Å². The van der Waals surface area contributed by atoms with Gasteiger partial charge in [0.15, 0.2) is 0 Å². The minimum Gasteiger partial charge on any atom is -0.488 e. The van der Waals surface area contributed by atoms with Gasteiger partial charge < -0.3 is 9.15 Å². The Morgan fingerprint density at radius 1 is 0.903 bits per heavy atom. The zero-order valence-electron chi connectivity index (χ0n) is 17.1. The van der Waals surface area contributed by atoms with Crippen LogP contribution < -0.4 is 10.2 Å². The molecule has 1 heterocycles. The van der Waals surface area contributed by atoms with E-state index in [0.717, 1.165) is 22.4 Å². The van der Waals surface area contributed by atoms with Crippen molar-refractivity contribution in [3.63, 3.8) is 0 Å². The topological polar surface area (TPSA) is 63.8 Å². The highest BCUT2D eigenvalue weighted by atomic mass is 16.5. The van der Waals surface area contributed by atoms with E-state index in [0.29, 0.717) is 23.6 Å². The van der Waals surface area contributed by atoms with Crippen molar-refractivity contribution in [2.45, 2.75) is 13.5 Å². The molecule has 3 aromatic carbocycles. The van der Waals surface area contributed by atoms with Gasteiger partial charge in [-0.3, -0.25) is 4.79 Å². The van der Waals surface area contributed by atoms with Gasteiger partial charge in [0.1, 0.15) is 23.8 Å². The number of amides is 1. The van der Waals surface area contributed by atoms with Crippen molar-refractivity contribution in [3.05, 3.63) is 114 Å². The number of hydrazone groups is 1. The molecule has 31 heavy (non-hydrogen) atoms. The molecular formula is C26H22N2O3. The Labute approximate surface area is 181 Å². The maximum atomic E-state index is 12.3. The zero-order valence-corrected chi connectivity index (χ0v) is 17.1. The van der Waals surface area contributed by atoms with Crippen LogP contribution in [0.5, 0.6) is 5.75 Å². The lowest BCUT2D eigenvalue weighted by molar-refractivity contribution is 0.0954. The number of para-hydroxylation sites is 1. The van der Waals surface area contributed by atoms with E-state index in [2.05, 4.69) is 22.7 Å². The number of ether oxygens (including phenoxy) is 1. The van der Waals surface area contributed by atoms with E-state index < -0.39 is 0 Å². The molecule has 4 rings (SSSR count). The van der Waals surface area contributed by atoms with Gasteiger partial charge in [0.05, 0.1) is 6.26 Å². The summed E-state index contributed by atoms with van der Waals surface area (Å²) in [5.41, 5.74) is 6.78. The molecule has 154 valence electrons. The lowest BCUT2D eigenvalue weighted by Crippen LogP contribution is -2.19. The summed E-state index contributed by atoms with van der Waals surface area (Å²) >= 11 is 0. The van der Waals surface area contributed by atoms with Crippen LogP contribution in [0.3, 0.4) is 0 Å². The first kappa shape index (κ1) is 20.2. The summed E-state index contributed by atoms with van der Waals surface area (Å²) in [6.07, 6.45) is 1.56. The maximum absolute atomic E-state index is 12.3. The van der Waals surface area contributed by atoms with E-state index in [4.69, 9.17) is 9.15 Å². The van der Waals surface area contributed by atoms with E-state index in [1.165, 1.54) is 0 Å². The molecule has 5 heteroatoms. The highest BCUT2D eigenvalue weighted by Crippen LogP contribution is 2.30. The number of furan rings is 1. The Hall–Kier alpha value is -4.12. The SMILES string of the molecule is C/C(=N/NC(=O)c1ccc(COc2ccccc2-c2ccccc2)cc1)c1ccco1. The van der Waals surface area contributed by atoms with Gasteiger partial charge in [-0.25, -0.2) is 5.43 Å². The summed E-state index contributed by atoms with van der Waals surface area (Å²) in [5, 5.41) is 4.08. The second kappa shape index (κ2) is 9.59. The fourth-order valence-corrected chi connectivity index (χ4v) is 3.10. The highest BCUT2D eigenvalue weighted by Gasteiger charge is 2.08. The van der Waals surface area contributed by atoms with E-state index in [-0.39, 0.29) is 5.91 Å². The van der Waals surface area contributed by atoms with Crippen LogP contribution in [0.2, 0.25) is 0 Å². The van der Waals surface area contributed by atoms with E-state index in [1.807, 2.05) is 54.6 Å². The first-order valence-corrected chi connectivity index (χ1v) is 9.95. The molecule has 1 amide bonds. The smallest absolute Gasteiger partial charge is 0.271 e. The Morgan fingerprint density at radius 2 is 1.65 bits per heavy atom. The molecule has 4 aromatic rings. The largest absolute Gasteiger partial charge is 0.488 e. The second-order valence-corrected chi connectivity index (χ2v) is 6.96. The first-order valence-electron chi connectivity index (χ1n) is 9.95. The van der Waals surface area contributed by atoms with Crippen molar-refractivity contribution in [2.24, 2.45) is 5.10 Å². The fraction of sp³-hybridized carbons (Fsp3) is 0.0769. The van der Waals surface area contributed by atoms with E-state index in [9.17, 15) is 4.79 Å². The molecule has 0 atom stereocenters. The normalized spacial score (nSPS) is 11.2. The van der Waals surface area contributed by atoms with Crippen LogP contribution in [0.15, 0.2) is 107 Å². The molecule has 0 aliphatic heterocycles. The second-order valence-electron chi connectivity index (χ2n) is 6.96. The zero-order chi connectivity index (χ0) is 21.5. The first-order chi connectivity index (χ1) is 15.2. The van der Waals surface area contributed by atoms with Crippen molar-refractivity contribution in [3.8, 4) is 16.9 Å². The predicted molar refractivity (Wildman–Crippen MR) is 121 cm³/mol. The van der Waals surface area contributed by atoms with Gasteiger partial charge >= 0.3 is 0 Å². The molecule has 0 saturated carbocycles. The Balaban J connectivity index is 1.39. The molecule has 0 fully saturated rings. The number of nitrogens with one attached hydrogen (secondary N) is 1. The van der Waals surface area contributed by atoms with Crippen LogP contribution in [0.25, 0.3) is 11.1 Å². The van der Waals surface area contributed by atoms with Gasteiger partial charge in [0.2, 0.25) is 0 Å². The molecule has 0 saturated heterocycles. The van der Waals surface area contributed by atoms with Gasteiger partial charge in [-0.1, -0.05) is 60.7 Å². The van der Waals surface area contributed by atoms with Crippen molar-refractivity contribution in [1.29, 1.82) is 0 Å². The van der Waals surface area contributed by atoms with Crippen LogP contribution in [0, 0.1) is 0 Å². The number of carbonyl (C=O) groups excluding carboxylic acids is 1. The third-order valence-corrected chi connectivity index (χ3v) is 4.79. The summed E-state index contributed by atoms with van der Waals surface area (Å²) in [5.74, 6) is 1.15. The highest BCUT2D eigenvalue weighted by molar-refractivity contribution is 5.99. The molecule has 0 spiro atoms. The van der Waals surface area contributed by atoms with Crippen LogP contribution in [0.4, 0.5) is 0 Å². The summed E-state index contributed by atoms with van der Waals surface area (Å²) in [6.45, 7) is 2.17. The average molecular weight is 410 g/mol. The number of carbonyl (C=O) groups is 1. The number of rotatable bonds is 7. The van der Waals surface area contributed by atoms with Crippen molar-refractivity contribution >= 4 is 11.6 Å². The lowest BCUT2D eigenvalue weighted by Gasteiger charge is -2.12. The molecule has 0 radical (unpaired) electrons. The standard InChI is InChI=1S/C26H22N2O3/c1-19(24-12-7-17-30-24)27-28-26(29)22-15-13-20(14-16-22)18-31-25-11-6-5-10-23(25)21-8-3-2-4-9-21/h2-17H,18H2,1H3,(H,28,29)/b27-19-. The summed E-state index contributed by atoms with van der Waals surface area (Å²) < 4.78 is 11.3. The van der Waals surface area contributed by atoms with Gasteiger partial charge in [-0.2, -0.15) is 5.10 Å². The minimum atomic E-state index is -0.284. The van der Waals surface area contributed by atoms with Crippen LogP contribution in [0.1, 0.15) is 28.6 Å². The predicted octanol–water partition coefficient (Wildman–Crippen LogP) is 5.68. The molecule has 0 aliphatic carbocycles. The van der Waals surface area contributed by atoms with Crippen LogP contribution in [-0.2, 0) is 6.61 Å². The quantitative estimate of drug-likeness (QED) is 0.315. The maximum Gasteiger partial charge on any atom is 0.271 e. The summed E-state index contributed by atoms with van der Waals surface area (Å²) in [4.78, 5) is 12.3. The minimum absolute atomic E-state index is 0.284. The number of hydrogen-bond donors (Lipinski definition) is 1.